The Morgan fingerprint density at radius 2 is 1.63 bits per heavy atom. The Labute approximate surface area is 124 Å². The molecule has 0 aromatic heterocycles. The van der Waals surface area contributed by atoms with Crippen molar-refractivity contribution in [3.8, 4) is 0 Å². The monoisotopic (exact) mass is 317 g/mol. The molecule has 2 aromatic rings. The third-order valence-corrected chi connectivity index (χ3v) is 3.82. The molecule has 0 heterocycles. The minimum Gasteiger partial charge on any atom is -0.298 e. The van der Waals surface area contributed by atoms with Gasteiger partial charge in [-0.25, -0.2) is 0 Å². The lowest BCUT2D eigenvalue weighted by atomic mass is 10.1. The van der Waals surface area contributed by atoms with Crippen molar-refractivity contribution in [2.75, 3.05) is 7.05 Å². The molecule has 0 spiro atoms. The topological polar surface area (TPSA) is 3.24 Å². The van der Waals surface area contributed by atoms with Gasteiger partial charge in [-0.15, -0.1) is 0 Å². The van der Waals surface area contributed by atoms with E-state index in [1.54, 1.807) is 0 Å². The Kier molecular flexibility index (Phi) is 4.78. The molecule has 2 rings (SSSR count). The van der Waals surface area contributed by atoms with Gasteiger partial charge in [-0.2, -0.15) is 0 Å². The van der Waals surface area contributed by atoms with E-state index >= 15 is 0 Å². The molecule has 0 N–H and O–H groups in total. The van der Waals surface area contributed by atoms with Crippen LogP contribution in [0.3, 0.4) is 0 Å². The highest BCUT2D eigenvalue weighted by Gasteiger charge is 2.05. The fraction of sp³-hybridized carbons (Fsp3) is 0.294. The van der Waals surface area contributed by atoms with Gasteiger partial charge in [0.05, 0.1) is 0 Å². The highest BCUT2D eigenvalue weighted by atomic mass is 79.9. The van der Waals surface area contributed by atoms with Crippen LogP contribution in [-0.2, 0) is 13.1 Å². The van der Waals surface area contributed by atoms with Crippen molar-refractivity contribution in [3.63, 3.8) is 0 Å². The molecule has 0 aliphatic heterocycles. The van der Waals surface area contributed by atoms with Crippen LogP contribution in [0, 0.1) is 13.8 Å². The fourth-order valence-electron chi connectivity index (χ4n) is 2.16. The van der Waals surface area contributed by atoms with E-state index in [0.717, 1.165) is 17.6 Å². The normalized spacial score (nSPS) is 11.0. The summed E-state index contributed by atoms with van der Waals surface area (Å²) in [5.41, 5.74) is 5.40. The second kappa shape index (κ2) is 6.36. The molecule has 0 fully saturated rings. The second-order valence-electron chi connectivity index (χ2n) is 5.23. The largest absolute Gasteiger partial charge is 0.298 e. The first-order valence-corrected chi connectivity index (χ1v) is 7.33. The molecule has 2 aromatic carbocycles. The molecule has 0 radical (unpaired) electrons. The number of aryl methyl sites for hydroxylation is 2. The van der Waals surface area contributed by atoms with E-state index in [4.69, 9.17) is 0 Å². The molecule has 19 heavy (non-hydrogen) atoms. The van der Waals surface area contributed by atoms with Gasteiger partial charge in [0, 0.05) is 17.6 Å². The van der Waals surface area contributed by atoms with Gasteiger partial charge in [0.2, 0.25) is 0 Å². The fourth-order valence-corrected chi connectivity index (χ4v) is 2.57. The van der Waals surface area contributed by atoms with Crippen molar-refractivity contribution in [1.82, 2.24) is 4.90 Å². The SMILES string of the molecule is Cc1ccc(CN(C)Cc2cc(Br)ccc2C)cc1. The molecule has 0 aliphatic rings. The molecule has 0 atom stereocenters. The summed E-state index contributed by atoms with van der Waals surface area (Å²) in [6.07, 6.45) is 0. The maximum atomic E-state index is 3.54. The highest BCUT2D eigenvalue weighted by Crippen LogP contribution is 2.18. The van der Waals surface area contributed by atoms with E-state index in [-0.39, 0.29) is 0 Å². The Bertz CT molecular complexity index is 546. The summed E-state index contributed by atoms with van der Waals surface area (Å²) < 4.78 is 1.15. The van der Waals surface area contributed by atoms with Crippen LogP contribution in [-0.4, -0.2) is 11.9 Å². The number of rotatable bonds is 4. The van der Waals surface area contributed by atoms with Crippen LogP contribution in [0.4, 0.5) is 0 Å². The summed E-state index contributed by atoms with van der Waals surface area (Å²) in [7, 11) is 2.17. The van der Waals surface area contributed by atoms with Crippen molar-refractivity contribution in [1.29, 1.82) is 0 Å². The Balaban J connectivity index is 2.02. The highest BCUT2D eigenvalue weighted by molar-refractivity contribution is 9.10. The average molecular weight is 318 g/mol. The molecule has 0 aliphatic carbocycles. The summed E-state index contributed by atoms with van der Waals surface area (Å²) in [6, 6.07) is 15.2. The standard InChI is InChI=1S/C17H20BrN/c1-13-4-7-15(8-5-13)11-19(3)12-16-10-17(18)9-6-14(16)2/h4-10H,11-12H2,1-3H3. The van der Waals surface area contributed by atoms with Gasteiger partial charge in [0.1, 0.15) is 0 Å². The van der Waals surface area contributed by atoms with Gasteiger partial charge >= 0.3 is 0 Å². The Morgan fingerprint density at radius 1 is 0.947 bits per heavy atom. The molecular weight excluding hydrogens is 298 g/mol. The molecule has 1 nitrogen and oxygen atoms in total. The molecule has 0 saturated carbocycles. The number of hydrogen-bond donors (Lipinski definition) is 0. The minimum atomic E-state index is 0.971. The first-order chi connectivity index (χ1) is 9.04. The van der Waals surface area contributed by atoms with Gasteiger partial charge in [-0.05, 0) is 49.7 Å². The van der Waals surface area contributed by atoms with E-state index in [1.807, 2.05) is 0 Å². The predicted octanol–water partition coefficient (Wildman–Crippen LogP) is 4.70. The maximum absolute atomic E-state index is 3.54. The number of benzene rings is 2. The van der Waals surface area contributed by atoms with Gasteiger partial charge in [0.15, 0.2) is 0 Å². The number of nitrogens with zero attached hydrogens (tertiary/aromatic N) is 1. The maximum Gasteiger partial charge on any atom is 0.0237 e. The van der Waals surface area contributed by atoms with Gasteiger partial charge in [-0.3, -0.25) is 4.90 Å². The third kappa shape index (κ3) is 4.19. The van der Waals surface area contributed by atoms with Gasteiger partial charge in [-0.1, -0.05) is 51.8 Å². The van der Waals surface area contributed by atoms with Crippen molar-refractivity contribution in [2.45, 2.75) is 26.9 Å². The van der Waals surface area contributed by atoms with E-state index in [9.17, 15) is 0 Å². The van der Waals surface area contributed by atoms with E-state index in [0.29, 0.717) is 0 Å². The molecule has 2 heteroatoms. The van der Waals surface area contributed by atoms with Crippen LogP contribution in [0.15, 0.2) is 46.9 Å². The van der Waals surface area contributed by atoms with Crippen molar-refractivity contribution in [2.24, 2.45) is 0 Å². The van der Waals surface area contributed by atoms with Crippen LogP contribution in [0.2, 0.25) is 0 Å². The van der Waals surface area contributed by atoms with E-state index in [1.165, 1.54) is 22.3 Å². The number of halogens is 1. The van der Waals surface area contributed by atoms with Crippen LogP contribution < -0.4 is 0 Å². The zero-order valence-corrected chi connectivity index (χ0v) is 13.4. The average Bonchev–Trinajstić information content (AvgIpc) is 2.37. The first-order valence-electron chi connectivity index (χ1n) is 6.54. The zero-order chi connectivity index (χ0) is 13.8. The summed E-state index contributed by atoms with van der Waals surface area (Å²) in [5.74, 6) is 0. The lowest BCUT2D eigenvalue weighted by Gasteiger charge is -2.18. The van der Waals surface area contributed by atoms with Crippen molar-refractivity contribution < 1.29 is 0 Å². The molecule has 0 unspecified atom stereocenters. The first kappa shape index (κ1) is 14.3. The predicted molar refractivity (Wildman–Crippen MR) is 85.2 cm³/mol. The summed E-state index contributed by atoms with van der Waals surface area (Å²) in [4.78, 5) is 2.35. The van der Waals surface area contributed by atoms with Crippen LogP contribution >= 0.6 is 15.9 Å². The van der Waals surface area contributed by atoms with Crippen molar-refractivity contribution in [3.05, 3.63) is 69.2 Å². The van der Waals surface area contributed by atoms with Crippen LogP contribution in [0.5, 0.6) is 0 Å². The Hall–Kier alpha value is -1.12. The van der Waals surface area contributed by atoms with Crippen LogP contribution in [0.25, 0.3) is 0 Å². The Morgan fingerprint density at radius 3 is 2.32 bits per heavy atom. The smallest absolute Gasteiger partial charge is 0.0237 e. The number of hydrogen-bond acceptors (Lipinski definition) is 1. The summed E-state index contributed by atoms with van der Waals surface area (Å²) in [6.45, 7) is 6.24. The van der Waals surface area contributed by atoms with Crippen LogP contribution in [0.1, 0.15) is 22.3 Å². The lowest BCUT2D eigenvalue weighted by molar-refractivity contribution is 0.318. The molecule has 0 amide bonds. The molecular formula is C17H20BrN. The third-order valence-electron chi connectivity index (χ3n) is 3.32. The second-order valence-corrected chi connectivity index (χ2v) is 6.14. The zero-order valence-electron chi connectivity index (χ0n) is 11.8. The lowest BCUT2D eigenvalue weighted by Crippen LogP contribution is -2.17. The summed E-state index contributed by atoms with van der Waals surface area (Å²) >= 11 is 3.54. The summed E-state index contributed by atoms with van der Waals surface area (Å²) in [5, 5.41) is 0. The molecule has 0 bridgehead atoms. The van der Waals surface area contributed by atoms with E-state index < -0.39 is 0 Å². The van der Waals surface area contributed by atoms with Gasteiger partial charge < -0.3 is 0 Å². The van der Waals surface area contributed by atoms with Gasteiger partial charge in [0.25, 0.3) is 0 Å². The van der Waals surface area contributed by atoms with E-state index in [2.05, 4.69) is 84.2 Å². The molecule has 100 valence electrons. The van der Waals surface area contributed by atoms with Crippen molar-refractivity contribution >= 4 is 15.9 Å². The molecule has 0 saturated heterocycles. The quantitative estimate of drug-likeness (QED) is 0.790. The minimum absolute atomic E-state index is 0.971.